The van der Waals surface area contributed by atoms with Crippen LogP contribution in [0.1, 0.15) is 18.7 Å². The van der Waals surface area contributed by atoms with Crippen molar-refractivity contribution in [1.29, 1.82) is 0 Å². The number of primary amides is 1. The molecule has 1 atom stereocenters. The average molecular weight is 361 g/mol. The molecule has 3 amide bonds. The monoisotopic (exact) mass is 361 g/mol. The molecule has 0 radical (unpaired) electrons. The van der Waals surface area contributed by atoms with E-state index < -0.39 is 11.9 Å². The highest BCUT2D eigenvalue weighted by Crippen LogP contribution is 2.22. The minimum Gasteiger partial charge on any atom is -0.483 e. The number of carbonyl (C=O) groups is 3. The highest BCUT2D eigenvalue weighted by molar-refractivity contribution is 5.93. The molecule has 1 aromatic carbocycles. The second-order valence-electron chi connectivity index (χ2n) is 5.49. The fourth-order valence-corrected chi connectivity index (χ4v) is 2.61. The number of benzene rings is 1. The number of hydrogen-bond acceptors (Lipinski definition) is 6. The molecule has 0 saturated carbocycles. The summed E-state index contributed by atoms with van der Waals surface area (Å²) < 4.78 is 5.34. The van der Waals surface area contributed by atoms with Crippen LogP contribution < -0.4 is 11.1 Å². The number of aryl methyl sites for hydroxylation is 1. The van der Waals surface area contributed by atoms with Crippen molar-refractivity contribution in [3.63, 3.8) is 0 Å². The molecule has 2 heterocycles. The van der Waals surface area contributed by atoms with Crippen LogP contribution in [-0.2, 0) is 9.59 Å². The van der Waals surface area contributed by atoms with Crippen molar-refractivity contribution in [1.82, 2.24) is 15.1 Å². The largest absolute Gasteiger partial charge is 0.483 e. The van der Waals surface area contributed by atoms with Crippen LogP contribution in [-0.4, -0.2) is 51.2 Å². The first kappa shape index (κ1) is 18.9. The van der Waals surface area contributed by atoms with Crippen molar-refractivity contribution in [2.24, 2.45) is 5.73 Å². The third kappa shape index (κ3) is 4.56. The van der Waals surface area contributed by atoms with E-state index in [1.54, 1.807) is 31.2 Å². The molecule has 1 aliphatic heterocycles. The van der Waals surface area contributed by atoms with Gasteiger partial charge in [-0.1, -0.05) is 0 Å². The maximum absolute atomic E-state index is 12.3. The second kappa shape index (κ2) is 8.60. The summed E-state index contributed by atoms with van der Waals surface area (Å²) in [6, 6.07) is 6.17. The number of hydrogen-bond donors (Lipinski definition) is 3. The van der Waals surface area contributed by atoms with Crippen molar-refractivity contribution in [3.05, 3.63) is 30.2 Å². The number of amides is 3. The molecule has 10 nitrogen and oxygen atoms in total. The Bertz CT molecular complexity index is 774. The van der Waals surface area contributed by atoms with Gasteiger partial charge in [0.15, 0.2) is 0 Å². The summed E-state index contributed by atoms with van der Waals surface area (Å²) in [5.74, 6) is 0.442. The number of carboxylic acid groups (broad SMARTS) is 1. The molecule has 26 heavy (non-hydrogen) atoms. The molecule has 3 rings (SSSR count). The van der Waals surface area contributed by atoms with Crippen LogP contribution in [0, 0.1) is 6.92 Å². The molecule has 1 aromatic heterocycles. The number of aromatic nitrogens is 2. The molecule has 4 N–H and O–H groups in total. The molecule has 138 valence electrons. The maximum Gasteiger partial charge on any atom is 0.322 e. The van der Waals surface area contributed by atoms with Crippen LogP contribution >= 0.6 is 0 Å². The van der Waals surface area contributed by atoms with Gasteiger partial charge in [0.25, 0.3) is 6.47 Å². The van der Waals surface area contributed by atoms with E-state index in [4.69, 9.17) is 20.1 Å². The minimum atomic E-state index is -0.532. The number of nitrogens with two attached hydrogens (primary N) is 1. The Morgan fingerprint density at radius 2 is 2.00 bits per heavy atom. The third-order valence-corrected chi connectivity index (χ3v) is 3.75. The zero-order valence-electron chi connectivity index (χ0n) is 14.1. The number of carbonyl (C=O) groups excluding carboxylic acids is 2. The first-order chi connectivity index (χ1) is 12.5. The van der Waals surface area contributed by atoms with Crippen LogP contribution in [0.5, 0.6) is 0 Å². The summed E-state index contributed by atoms with van der Waals surface area (Å²) in [6.45, 7) is 2.00. The summed E-state index contributed by atoms with van der Waals surface area (Å²) in [6.07, 6.45) is 1.38. The Balaban J connectivity index is 0.000000758. The van der Waals surface area contributed by atoms with E-state index in [0.717, 1.165) is 12.0 Å². The topological polar surface area (TPSA) is 152 Å². The summed E-state index contributed by atoms with van der Waals surface area (Å²) in [5.41, 5.74) is 6.70. The molecule has 0 bridgehead atoms. The molecule has 0 unspecified atom stereocenters. The van der Waals surface area contributed by atoms with Gasteiger partial charge in [-0.3, -0.25) is 9.59 Å². The van der Waals surface area contributed by atoms with E-state index in [1.165, 1.54) is 4.90 Å². The molecule has 0 aliphatic carbocycles. The average Bonchev–Trinajstić information content (AvgIpc) is 3.25. The lowest BCUT2D eigenvalue weighted by molar-refractivity contribution is -0.123. The van der Waals surface area contributed by atoms with E-state index in [2.05, 4.69) is 15.5 Å². The number of rotatable bonds is 3. The van der Waals surface area contributed by atoms with Gasteiger partial charge in [-0.2, -0.15) is 0 Å². The fourth-order valence-electron chi connectivity index (χ4n) is 2.61. The Kier molecular flexibility index (Phi) is 6.25. The van der Waals surface area contributed by atoms with Crippen molar-refractivity contribution >= 4 is 24.1 Å². The molecule has 2 aromatic rings. The summed E-state index contributed by atoms with van der Waals surface area (Å²) in [4.78, 5) is 33.4. The van der Waals surface area contributed by atoms with Gasteiger partial charge in [0, 0.05) is 24.7 Å². The van der Waals surface area contributed by atoms with Gasteiger partial charge in [0.2, 0.25) is 17.7 Å². The smallest absolute Gasteiger partial charge is 0.322 e. The van der Waals surface area contributed by atoms with Gasteiger partial charge in [0.1, 0.15) is 6.04 Å². The van der Waals surface area contributed by atoms with Crippen molar-refractivity contribution in [2.75, 3.05) is 11.9 Å². The quantitative estimate of drug-likeness (QED) is 0.695. The number of anilines is 1. The van der Waals surface area contributed by atoms with Crippen molar-refractivity contribution < 1.29 is 23.9 Å². The standard InChI is InChI=1S/C15H17N5O3.CH2O2/c1-9-18-19-14(23-9)10-4-6-11(7-5-10)17-15(22)20-8-2-3-12(20)13(16)21;2-1-3/h4-7,12H,2-3,8H2,1H3,(H2,16,21)(H,17,22);1H,(H,2,3)/t12-;/m0./s1. The Hall–Kier alpha value is -3.43. The number of urea groups is 1. The molecular weight excluding hydrogens is 342 g/mol. The van der Waals surface area contributed by atoms with E-state index >= 15 is 0 Å². The van der Waals surface area contributed by atoms with Gasteiger partial charge in [-0.05, 0) is 37.1 Å². The Labute approximate surface area is 149 Å². The SMILES string of the molecule is Cc1nnc(-c2ccc(NC(=O)N3CCC[C@H]3C(N)=O)cc2)o1.O=CO. The van der Waals surface area contributed by atoms with Gasteiger partial charge in [-0.25, -0.2) is 4.79 Å². The minimum absolute atomic E-state index is 0.250. The zero-order valence-corrected chi connectivity index (χ0v) is 14.1. The van der Waals surface area contributed by atoms with Crippen LogP contribution in [0.2, 0.25) is 0 Å². The van der Waals surface area contributed by atoms with Crippen molar-refractivity contribution in [2.45, 2.75) is 25.8 Å². The zero-order chi connectivity index (χ0) is 19.1. The first-order valence-corrected chi connectivity index (χ1v) is 7.81. The van der Waals surface area contributed by atoms with Gasteiger partial charge >= 0.3 is 6.03 Å². The first-order valence-electron chi connectivity index (χ1n) is 7.81. The highest BCUT2D eigenvalue weighted by Gasteiger charge is 2.32. The van der Waals surface area contributed by atoms with E-state index in [1.807, 2.05) is 0 Å². The van der Waals surface area contributed by atoms with Gasteiger partial charge in [-0.15, -0.1) is 10.2 Å². The molecule has 1 fully saturated rings. The molecule has 10 heteroatoms. The maximum atomic E-state index is 12.3. The van der Waals surface area contributed by atoms with Crippen LogP contribution in [0.25, 0.3) is 11.5 Å². The Morgan fingerprint density at radius 3 is 2.54 bits per heavy atom. The lowest BCUT2D eigenvalue weighted by Gasteiger charge is -2.22. The molecular formula is C16H19N5O5. The molecule has 1 aliphatic rings. The van der Waals surface area contributed by atoms with E-state index in [0.29, 0.717) is 30.4 Å². The number of nitrogens with one attached hydrogen (secondary N) is 1. The lowest BCUT2D eigenvalue weighted by Crippen LogP contribution is -2.45. The van der Waals surface area contributed by atoms with E-state index in [9.17, 15) is 9.59 Å². The van der Waals surface area contributed by atoms with Crippen molar-refractivity contribution in [3.8, 4) is 11.5 Å². The summed E-state index contributed by atoms with van der Waals surface area (Å²) in [5, 5.41) is 17.4. The molecule has 1 saturated heterocycles. The number of likely N-dealkylation sites (tertiary alicyclic amines) is 1. The summed E-state index contributed by atoms with van der Waals surface area (Å²) >= 11 is 0. The highest BCUT2D eigenvalue weighted by atomic mass is 16.4. The van der Waals surface area contributed by atoms with Gasteiger partial charge in [0.05, 0.1) is 0 Å². The predicted octanol–water partition coefficient (Wildman–Crippen LogP) is 1.23. The van der Waals surface area contributed by atoms with Gasteiger partial charge < -0.3 is 25.5 Å². The third-order valence-electron chi connectivity index (χ3n) is 3.75. The number of nitrogens with zero attached hydrogens (tertiary/aromatic N) is 3. The molecule has 0 spiro atoms. The predicted molar refractivity (Wildman–Crippen MR) is 91.1 cm³/mol. The van der Waals surface area contributed by atoms with E-state index in [-0.39, 0.29) is 12.5 Å². The van der Waals surface area contributed by atoms with Crippen LogP contribution in [0.15, 0.2) is 28.7 Å². The normalized spacial score (nSPS) is 15.7. The Morgan fingerprint density at radius 1 is 1.35 bits per heavy atom. The fraction of sp³-hybridized carbons (Fsp3) is 0.312. The second-order valence-corrected chi connectivity index (χ2v) is 5.49. The van der Waals surface area contributed by atoms with Crippen LogP contribution in [0.3, 0.4) is 0 Å². The van der Waals surface area contributed by atoms with Crippen LogP contribution in [0.4, 0.5) is 10.5 Å². The lowest BCUT2D eigenvalue weighted by atomic mass is 10.2. The summed E-state index contributed by atoms with van der Waals surface area (Å²) in [7, 11) is 0.